The Kier molecular flexibility index (Phi) is 4.42. The molecule has 3 heteroatoms. The van der Waals surface area contributed by atoms with Gasteiger partial charge in [-0.25, -0.2) is 0 Å². The van der Waals surface area contributed by atoms with Crippen LogP contribution in [0.1, 0.15) is 26.2 Å². The summed E-state index contributed by atoms with van der Waals surface area (Å²) in [5, 5.41) is 3.54. The van der Waals surface area contributed by atoms with Crippen LogP contribution in [0.15, 0.2) is 0 Å². The molecule has 15 heavy (non-hydrogen) atoms. The highest BCUT2D eigenvalue weighted by molar-refractivity contribution is 4.82. The maximum Gasteiger partial charge on any atom is 0.0506 e. The van der Waals surface area contributed by atoms with Crippen LogP contribution in [0.3, 0.4) is 0 Å². The Morgan fingerprint density at radius 2 is 2.33 bits per heavy atom. The van der Waals surface area contributed by atoms with E-state index in [-0.39, 0.29) is 0 Å². The Balaban J connectivity index is 1.67. The first kappa shape index (κ1) is 11.4. The Morgan fingerprint density at radius 1 is 1.40 bits per heavy atom. The van der Waals surface area contributed by atoms with E-state index in [1.54, 1.807) is 0 Å². The number of ether oxygens (including phenoxy) is 1. The van der Waals surface area contributed by atoms with Crippen LogP contribution in [-0.2, 0) is 4.74 Å². The van der Waals surface area contributed by atoms with E-state index in [4.69, 9.17) is 4.74 Å². The van der Waals surface area contributed by atoms with Gasteiger partial charge in [0.05, 0.1) is 6.61 Å². The molecule has 1 N–H and O–H groups in total. The second-order valence-electron chi connectivity index (χ2n) is 4.89. The summed E-state index contributed by atoms with van der Waals surface area (Å²) in [6, 6.07) is 0.736. The highest BCUT2D eigenvalue weighted by atomic mass is 16.5. The number of rotatable bonds is 4. The zero-order valence-electron chi connectivity index (χ0n) is 9.87. The fraction of sp³-hybridized carbons (Fsp3) is 1.00. The Labute approximate surface area is 93.2 Å². The summed E-state index contributed by atoms with van der Waals surface area (Å²) in [6.45, 7) is 9.03. The number of likely N-dealkylation sites (N-methyl/N-ethyl adjacent to an activating group) is 1. The fourth-order valence-corrected chi connectivity index (χ4v) is 2.77. The van der Waals surface area contributed by atoms with Crippen LogP contribution in [-0.4, -0.2) is 50.3 Å². The summed E-state index contributed by atoms with van der Waals surface area (Å²) >= 11 is 0. The molecule has 0 bridgehead atoms. The number of nitrogens with zero attached hydrogens (tertiary/aromatic N) is 1. The van der Waals surface area contributed by atoms with Gasteiger partial charge in [-0.1, -0.05) is 6.92 Å². The summed E-state index contributed by atoms with van der Waals surface area (Å²) in [4.78, 5) is 2.60. The van der Waals surface area contributed by atoms with Crippen molar-refractivity contribution < 1.29 is 4.74 Å². The van der Waals surface area contributed by atoms with Crippen LogP contribution < -0.4 is 5.32 Å². The molecule has 2 heterocycles. The lowest BCUT2D eigenvalue weighted by atomic mass is 10.0. The fourth-order valence-electron chi connectivity index (χ4n) is 2.77. The van der Waals surface area contributed by atoms with Crippen LogP contribution in [0, 0.1) is 5.92 Å². The van der Waals surface area contributed by atoms with Crippen molar-refractivity contribution in [2.45, 2.75) is 32.2 Å². The Bertz CT molecular complexity index is 180. The van der Waals surface area contributed by atoms with Gasteiger partial charge in [0.1, 0.15) is 0 Å². The Morgan fingerprint density at radius 3 is 3.07 bits per heavy atom. The lowest BCUT2D eigenvalue weighted by Crippen LogP contribution is -2.36. The average Bonchev–Trinajstić information content (AvgIpc) is 2.68. The molecule has 0 spiro atoms. The van der Waals surface area contributed by atoms with E-state index in [9.17, 15) is 0 Å². The molecule has 88 valence electrons. The molecule has 2 saturated heterocycles. The second kappa shape index (κ2) is 5.83. The standard InChI is InChI=1S/C12H24N2O/c1-2-13-12-5-6-14(9-12)8-11-4-3-7-15-10-11/h11-13H,2-10H2,1H3. The molecule has 2 unspecified atom stereocenters. The molecule has 2 fully saturated rings. The minimum atomic E-state index is 0.736. The zero-order chi connectivity index (χ0) is 10.5. The van der Waals surface area contributed by atoms with Gasteiger partial charge < -0.3 is 15.0 Å². The maximum atomic E-state index is 5.52. The lowest BCUT2D eigenvalue weighted by Gasteiger charge is -2.26. The van der Waals surface area contributed by atoms with Crippen molar-refractivity contribution in [2.75, 3.05) is 39.4 Å². The normalized spacial score (nSPS) is 33.4. The third-order valence-corrected chi connectivity index (χ3v) is 3.54. The van der Waals surface area contributed by atoms with Gasteiger partial charge >= 0.3 is 0 Å². The zero-order valence-corrected chi connectivity index (χ0v) is 9.87. The largest absolute Gasteiger partial charge is 0.381 e. The lowest BCUT2D eigenvalue weighted by molar-refractivity contribution is 0.0415. The first-order valence-electron chi connectivity index (χ1n) is 6.42. The molecule has 0 radical (unpaired) electrons. The summed E-state index contributed by atoms with van der Waals surface area (Å²) in [5.41, 5.74) is 0. The van der Waals surface area contributed by atoms with Crippen LogP contribution in [0.25, 0.3) is 0 Å². The van der Waals surface area contributed by atoms with Gasteiger partial charge in [0, 0.05) is 25.7 Å². The minimum Gasteiger partial charge on any atom is -0.381 e. The van der Waals surface area contributed by atoms with Gasteiger partial charge in [0.25, 0.3) is 0 Å². The van der Waals surface area contributed by atoms with Crippen LogP contribution in [0.2, 0.25) is 0 Å². The van der Waals surface area contributed by atoms with Crippen LogP contribution in [0.4, 0.5) is 0 Å². The van der Waals surface area contributed by atoms with Crippen molar-refractivity contribution in [1.29, 1.82) is 0 Å². The topological polar surface area (TPSA) is 24.5 Å². The molecule has 3 nitrogen and oxygen atoms in total. The molecule has 0 aromatic heterocycles. The number of nitrogens with one attached hydrogen (secondary N) is 1. The predicted octanol–water partition coefficient (Wildman–Crippen LogP) is 1.10. The first-order chi connectivity index (χ1) is 7.38. The molecular weight excluding hydrogens is 188 g/mol. The van der Waals surface area contributed by atoms with Gasteiger partial charge in [-0.05, 0) is 38.3 Å². The van der Waals surface area contributed by atoms with Crippen LogP contribution >= 0.6 is 0 Å². The molecule has 2 rings (SSSR count). The van der Waals surface area contributed by atoms with Gasteiger partial charge in [0.15, 0.2) is 0 Å². The second-order valence-corrected chi connectivity index (χ2v) is 4.89. The SMILES string of the molecule is CCNC1CCN(CC2CCCOC2)C1. The van der Waals surface area contributed by atoms with Crippen molar-refractivity contribution in [3.05, 3.63) is 0 Å². The van der Waals surface area contributed by atoms with Crippen molar-refractivity contribution in [2.24, 2.45) is 5.92 Å². The molecule has 2 aliphatic rings. The number of likely N-dealkylation sites (tertiary alicyclic amines) is 1. The van der Waals surface area contributed by atoms with Crippen molar-refractivity contribution in [3.63, 3.8) is 0 Å². The van der Waals surface area contributed by atoms with Gasteiger partial charge in [-0.2, -0.15) is 0 Å². The quantitative estimate of drug-likeness (QED) is 0.755. The maximum absolute atomic E-state index is 5.52. The molecule has 0 amide bonds. The van der Waals surface area contributed by atoms with Gasteiger partial charge in [-0.3, -0.25) is 0 Å². The van der Waals surface area contributed by atoms with E-state index < -0.39 is 0 Å². The summed E-state index contributed by atoms with van der Waals surface area (Å²) in [6.07, 6.45) is 3.94. The van der Waals surface area contributed by atoms with Gasteiger partial charge in [-0.15, -0.1) is 0 Å². The molecular formula is C12H24N2O. The number of hydrogen-bond donors (Lipinski definition) is 1. The predicted molar refractivity (Wildman–Crippen MR) is 62.1 cm³/mol. The van der Waals surface area contributed by atoms with E-state index in [1.807, 2.05) is 0 Å². The molecule has 0 aromatic rings. The molecule has 2 atom stereocenters. The average molecular weight is 212 g/mol. The monoisotopic (exact) mass is 212 g/mol. The van der Waals surface area contributed by atoms with Crippen molar-refractivity contribution in [1.82, 2.24) is 10.2 Å². The summed E-state index contributed by atoms with van der Waals surface area (Å²) < 4.78 is 5.52. The van der Waals surface area contributed by atoms with E-state index in [2.05, 4.69) is 17.1 Å². The van der Waals surface area contributed by atoms with E-state index >= 15 is 0 Å². The van der Waals surface area contributed by atoms with E-state index in [0.29, 0.717) is 0 Å². The van der Waals surface area contributed by atoms with Crippen molar-refractivity contribution >= 4 is 0 Å². The molecule has 0 aromatic carbocycles. The molecule has 2 aliphatic heterocycles. The smallest absolute Gasteiger partial charge is 0.0506 e. The summed E-state index contributed by atoms with van der Waals surface area (Å²) in [5.74, 6) is 0.791. The highest BCUT2D eigenvalue weighted by Crippen LogP contribution is 2.18. The summed E-state index contributed by atoms with van der Waals surface area (Å²) in [7, 11) is 0. The third-order valence-electron chi connectivity index (χ3n) is 3.54. The Hall–Kier alpha value is -0.120. The van der Waals surface area contributed by atoms with E-state index in [0.717, 1.165) is 31.7 Å². The first-order valence-corrected chi connectivity index (χ1v) is 6.42. The minimum absolute atomic E-state index is 0.736. The molecule has 0 aliphatic carbocycles. The highest BCUT2D eigenvalue weighted by Gasteiger charge is 2.24. The number of hydrogen-bond acceptors (Lipinski definition) is 3. The van der Waals surface area contributed by atoms with Gasteiger partial charge in [0.2, 0.25) is 0 Å². The van der Waals surface area contributed by atoms with Crippen LogP contribution in [0.5, 0.6) is 0 Å². The van der Waals surface area contributed by atoms with Crippen molar-refractivity contribution in [3.8, 4) is 0 Å². The van der Waals surface area contributed by atoms with E-state index in [1.165, 1.54) is 38.9 Å². The molecule has 0 saturated carbocycles. The third kappa shape index (κ3) is 3.44.